The average molecular weight is 213 g/mol. The summed E-state index contributed by atoms with van der Waals surface area (Å²) in [5, 5.41) is 5.48. The van der Waals surface area contributed by atoms with Gasteiger partial charge in [-0.1, -0.05) is 0 Å². The van der Waals surface area contributed by atoms with Crippen LogP contribution in [-0.4, -0.2) is 20.3 Å². The number of ether oxygens (including phenoxy) is 1. The maximum absolute atomic E-state index is 5.28. The van der Waals surface area contributed by atoms with Gasteiger partial charge in [0.25, 0.3) is 0 Å². The first-order valence-corrected chi connectivity index (χ1v) is 5.81. The summed E-state index contributed by atoms with van der Waals surface area (Å²) in [6, 6.07) is 2.61. The molecule has 0 aliphatic carbocycles. The number of methoxy groups -OCH3 is 1. The van der Waals surface area contributed by atoms with Gasteiger partial charge >= 0.3 is 0 Å². The SMILES string of the molecule is CNC(CC(C)OC)c1ccsc1C. The fourth-order valence-electron chi connectivity index (χ4n) is 1.58. The predicted octanol–water partition coefficient (Wildman–Crippen LogP) is 2.74. The lowest BCUT2D eigenvalue weighted by atomic mass is 10.0. The van der Waals surface area contributed by atoms with Crippen molar-refractivity contribution in [2.45, 2.75) is 32.4 Å². The molecule has 2 nitrogen and oxygen atoms in total. The van der Waals surface area contributed by atoms with Crippen molar-refractivity contribution in [2.24, 2.45) is 0 Å². The number of aryl methyl sites for hydroxylation is 1. The molecular weight excluding hydrogens is 194 g/mol. The predicted molar refractivity (Wildman–Crippen MR) is 61.9 cm³/mol. The molecule has 2 atom stereocenters. The Morgan fingerprint density at radius 1 is 1.57 bits per heavy atom. The zero-order valence-electron chi connectivity index (χ0n) is 9.33. The van der Waals surface area contributed by atoms with E-state index in [1.54, 1.807) is 18.4 Å². The Hall–Kier alpha value is -0.380. The van der Waals surface area contributed by atoms with Crippen molar-refractivity contribution in [1.82, 2.24) is 5.32 Å². The van der Waals surface area contributed by atoms with E-state index < -0.39 is 0 Å². The molecule has 14 heavy (non-hydrogen) atoms. The molecule has 0 aromatic carbocycles. The zero-order chi connectivity index (χ0) is 10.6. The minimum atomic E-state index is 0.298. The lowest BCUT2D eigenvalue weighted by Gasteiger charge is -2.19. The number of rotatable bonds is 5. The van der Waals surface area contributed by atoms with Gasteiger partial charge in [0.15, 0.2) is 0 Å². The van der Waals surface area contributed by atoms with E-state index in [1.807, 2.05) is 7.05 Å². The van der Waals surface area contributed by atoms with Crippen molar-refractivity contribution < 1.29 is 4.74 Å². The lowest BCUT2D eigenvalue weighted by Crippen LogP contribution is -2.22. The lowest BCUT2D eigenvalue weighted by molar-refractivity contribution is 0.101. The van der Waals surface area contributed by atoms with Crippen LogP contribution in [0.4, 0.5) is 0 Å². The summed E-state index contributed by atoms with van der Waals surface area (Å²) in [6.45, 7) is 4.27. The summed E-state index contributed by atoms with van der Waals surface area (Å²) >= 11 is 1.80. The molecule has 2 unspecified atom stereocenters. The standard InChI is InChI=1S/C11H19NOS/c1-8(13-4)7-11(12-3)10-5-6-14-9(10)2/h5-6,8,11-12H,7H2,1-4H3. The van der Waals surface area contributed by atoms with Crippen molar-refractivity contribution in [3.05, 3.63) is 21.9 Å². The highest BCUT2D eigenvalue weighted by atomic mass is 32.1. The van der Waals surface area contributed by atoms with Crippen molar-refractivity contribution in [2.75, 3.05) is 14.2 Å². The van der Waals surface area contributed by atoms with Crippen molar-refractivity contribution in [1.29, 1.82) is 0 Å². The largest absolute Gasteiger partial charge is 0.382 e. The van der Waals surface area contributed by atoms with E-state index >= 15 is 0 Å². The second kappa shape index (κ2) is 5.49. The molecule has 1 aromatic rings. The Kier molecular flexibility index (Phi) is 4.58. The molecule has 1 heterocycles. The fourth-order valence-corrected chi connectivity index (χ4v) is 2.35. The number of nitrogens with one attached hydrogen (secondary N) is 1. The van der Waals surface area contributed by atoms with E-state index in [-0.39, 0.29) is 0 Å². The Bertz CT molecular complexity index is 272. The van der Waals surface area contributed by atoms with Gasteiger partial charge < -0.3 is 10.1 Å². The van der Waals surface area contributed by atoms with Gasteiger partial charge in [-0.3, -0.25) is 0 Å². The minimum Gasteiger partial charge on any atom is -0.382 e. The van der Waals surface area contributed by atoms with Crippen LogP contribution in [0, 0.1) is 6.92 Å². The zero-order valence-corrected chi connectivity index (χ0v) is 10.1. The summed E-state index contributed by atoms with van der Waals surface area (Å²) < 4.78 is 5.28. The van der Waals surface area contributed by atoms with E-state index in [0.717, 1.165) is 6.42 Å². The molecule has 0 saturated carbocycles. The minimum absolute atomic E-state index is 0.298. The monoisotopic (exact) mass is 213 g/mol. The summed E-state index contributed by atoms with van der Waals surface area (Å²) in [4.78, 5) is 1.40. The quantitative estimate of drug-likeness (QED) is 0.812. The normalized spacial score (nSPS) is 15.4. The Labute approximate surface area is 90.3 Å². The average Bonchev–Trinajstić information content (AvgIpc) is 2.60. The van der Waals surface area contributed by atoms with Crippen LogP contribution >= 0.6 is 11.3 Å². The van der Waals surface area contributed by atoms with Gasteiger partial charge in [-0.25, -0.2) is 0 Å². The maximum Gasteiger partial charge on any atom is 0.0561 e. The molecule has 0 amide bonds. The van der Waals surface area contributed by atoms with Gasteiger partial charge in [-0.05, 0) is 44.3 Å². The Balaban J connectivity index is 2.67. The first-order chi connectivity index (χ1) is 6.69. The number of hydrogen-bond acceptors (Lipinski definition) is 3. The third-order valence-corrected chi connectivity index (χ3v) is 3.45. The van der Waals surface area contributed by atoms with Crippen LogP contribution in [-0.2, 0) is 4.74 Å². The summed E-state index contributed by atoms with van der Waals surface area (Å²) in [7, 11) is 3.77. The van der Waals surface area contributed by atoms with Gasteiger partial charge in [0.2, 0.25) is 0 Å². The van der Waals surface area contributed by atoms with Crippen LogP contribution in [0.15, 0.2) is 11.4 Å². The molecule has 0 aliphatic heterocycles. The molecule has 1 aromatic heterocycles. The van der Waals surface area contributed by atoms with E-state index in [4.69, 9.17) is 4.74 Å². The molecule has 0 bridgehead atoms. The molecule has 3 heteroatoms. The van der Waals surface area contributed by atoms with Gasteiger partial charge in [0, 0.05) is 18.0 Å². The van der Waals surface area contributed by atoms with Gasteiger partial charge in [0.05, 0.1) is 6.10 Å². The highest BCUT2D eigenvalue weighted by Crippen LogP contribution is 2.26. The van der Waals surface area contributed by atoms with Crippen LogP contribution in [0.5, 0.6) is 0 Å². The number of hydrogen-bond donors (Lipinski definition) is 1. The van der Waals surface area contributed by atoms with Crippen LogP contribution < -0.4 is 5.32 Å². The Morgan fingerprint density at radius 3 is 2.71 bits per heavy atom. The van der Waals surface area contributed by atoms with E-state index in [0.29, 0.717) is 12.1 Å². The topological polar surface area (TPSA) is 21.3 Å². The van der Waals surface area contributed by atoms with Gasteiger partial charge in [-0.15, -0.1) is 11.3 Å². The highest BCUT2D eigenvalue weighted by molar-refractivity contribution is 7.10. The van der Waals surface area contributed by atoms with Crippen LogP contribution in [0.1, 0.15) is 29.8 Å². The summed E-state index contributed by atoms with van der Waals surface area (Å²) in [5.41, 5.74) is 1.40. The van der Waals surface area contributed by atoms with Crippen LogP contribution in [0.25, 0.3) is 0 Å². The van der Waals surface area contributed by atoms with Gasteiger partial charge in [0.1, 0.15) is 0 Å². The van der Waals surface area contributed by atoms with Crippen molar-refractivity contribution in [3.8, 4) is 0 Å². The number of thiophene rings is 1. The van der Waals surface area contributed by atoms with E-state index in [2.05, 4.69) is 30.6 Å². The molecule has 1 N–H and O–H groups in total. The molecule has 80 valence electrons. The third-order valence-electron chi connectivity index (χ3n) is 2.59. The second-order valence-corrected chi connectivity index (χ2v) is 4.68. The highest BCUT2D eigenvalue weighted by Gasteiger charge is 2.15. The molecule has 0 saturated heterocycles. The first-order valence-electron chi connectivity index (χ1n) is 4.93. The Morgan fingerprint density at radius 2 is 2.29 bits per heavy atom. The molecule has 0 radical (unpaired) electrons. The fraction of sp³-hybridized carbons (Fsp3) is 0.636. The first kappa shape index (κ1) is 11.7. The molecule has 1 rings (SSSR count). The van der Waals surface area contributed by atoms with Crippen molar-refractivity contribution >= 4 is 11.3 Å². The van der Waals surface area contributed by atoms with E-state index in [9.17, 15) is 0 Å². The maximum atomic E-state index is 5.28. The van der Waals surface area contributed by atoms with Crippen LogP contribution in [0.3, 0.4) is 0 Å². The van der Waals surface area contributed by atoms with Gasteiger partial charge in [-0.2, -0.15) is 0 Å². The second-order valence-electron chi connectivity index (χ2n) is 3.56. The van der Waals surface area contributed by atoms with E-state index in [1.165, 1.54) is 10.4 Å². The molecule has 0 fully saturated rings. The van der Waals surface area contributed by atoms with Crippen LogP contribution in [0.2, 0.25) is 0 Å². The molecular formula is C11H19NOS. The van der Waals surface area contributed by atoms with Crippen molar-refractivity contribution in [3.63, 3.8) is 0 Å². The smallest absolute Gasteiger partial charge is 0.0561 e. The molecule has 0 aliphatic rings. The summed E-state index contributed by atoms with van der Waals surface area (Å²) in [6.07, 6.45) is 1.32. The summed E-state index contributed by atoms with van der Waals surface area (Å²) in [5.74, 6) is 0. The third kappa shape index (κ3) is 2.80. The molecule has 0 spiro atoms.